The summed E-state index contributed by atoms with van der Waals surface area (Å²) in [5.74, 6) is 0. The van der Waals surface area contributed by atoms with Gasteiger partial charge in [0.15, 0.2) is 0 Å². The van der Waals surface area contributed by atoms with Crippen molar-refractivity contribution in [3.05, 3.63) is 52.9 Å². The van der Waals surface area contributed by atoms with Crippen LogP contribution in [0.2, 0.25) is 0 Å². The number of hydrogen-bond donors (Lipinski definition) is 2. The van der Waals surface area contributed by atoms with Crippen LogP contribution in [0.5, 0.6) is 0 Å². The van der Waals surface area contributed by atoms with Gasteiger partial charge in [-0.05, 0) is 54.7 Å². The van der Waals surface area contributed by atoms with Crippen LogP contribution in [0.15, 0.2) is 47.3 Å². The van der Waals surface area contributed by atoms with E-state index in [0.29, 0.717) is 6.42 Å². The van der Waals surface area contributed by atoms with E-state index in [4.69, 9.17) is 9.79 Å². The minimum Gasteiger partial charge on any atom is -0.378 e. The number of nitrogens with zero attached hydrogens (tertiary/aromatic N) is 3. The van der Waals surface area contributed by atoms with Gasteiger partial charge in [-0.15, -0.1) is 0 Å². The van der Waals surface area contributed by atoms with E-state index in [1.54, 1.807) is 0 Å². The van der Waals surface area contributed by atoms with E-state index in [9.17, 15) is 4.57 Å². The fraction of sp³-hybridized carbons (Fsp3) is 0.556. The van der Waals surface area contributed by atoms with Crippen LogP contribution in [0, 0.1) is 0 Å². The Bertz CT molecular complexity index is 975. The highest BCUT2D eigenvalue weighted by Crippen LogP contribution is 2.41. The lowest BCUT2D eigenvalue weighted by Crippen LogP contribution is -2.30. The molecule has 2 aliphatic rings. The Kier molecular flexibility index (Phi) is 9.47. The van der Waals surface area contributed by atoms with Crippen molar-refractivity contribution < 1.29 is 14.4 Å². The summed E-state index contributed by atoms with van der Waals surface area (Å²) in [7, 11) is 4.57. The molecule has 2 N–H and O–H groups in total. The molecule has 0 atom stereocenters. The summed E-state index contributed by atoms with van der Waals surface area (Å²) in [5, 5.41) is 0. The molecule has 0 spiro atoms. The van der Waals surface area contributed by atoms with Gasteiger partial charge in [-0.3, -0.25) is 4.57 Å². The van der Waals surface area contributed by atoms with E-state index in [1.807, 2.05) is 0 Å². The van der Waals surface area contributed by atoms with Crippen LogP contribution >= 0.6 is 7.60 Å². The molecule has 0 bridgehead atoms. The van der Waals surface area contributed by atoms with Gasteiger partial charge in [0.1, 0.15) is 0 Å². The highest BCUT2D eigenvalue weighted by molar-refractivity contribution is 7.51. The van der Waals surface area contributed by atoms with Gasteiger partial charge in [-0.2, -0.15) is 0 Å². The molecule has 0 aromatic heterocycles. The van der Waals surface area contributed by atoms with Gasteiger partial charge in [-0.25, -0.2) is 0 Å². The van der Waals surface area contributed by atoms with E-state index in [-0.39, 0.29) is 6.16 Å². The van der Waals surface area contributed by atoms with Gasteiger partial charge in [0.25, 0.3) is 0 Å². The first kappa shape index (κ1) is 26.6. The van der Waals surface area contributed by atoms with E-state index in [2.05, 4.69) is 79.3 Å². The maximum atomic E-state index is 10.9. The van der Waals surface area contributed by atoms with Crippen LogP contribution in [0.4, 0.5) is 11.4 Å². The number of unbranched alkanes of at least 4 members (excludes halogenated alkanes) is 7. The zero-order valence-electron chi connectivity index (χ0n) is 21.3. The Morgan fingerprint density at radius 1 is 0.882 bits per heavy atom. The summed E-state index contributed by atoms with van der Waals surface area (Å²) >= 11 is 0. The molecule has 1 aromatic rings. The topological polar surface area (TPSA) is 67.2 Å². The highest BCUT2D eigenvalue weighted by Gasteiger charge is 2.25. The molecule has 34 heavy (non-hydrogen) atoms. The summed E-state index contributed by atoms with van der Waals surface area (Å²) in [5.41, 5.74) is 7.81. The molecule has 0 unspecified atom stereocenters. The summed E-state index contributed by atoms with van der Waals surface area (Å²) in [6.45, 7) is 1.01. The molecule has 7 heteroatoms. The molecule has 0 saturated carbocycles. The predicted molar refractivity (Wildman–Crippen MR) is 144 cm³/mol. The van der Waals surface area contributed by atoms with Crippen molar-refractivity contribution in [3.8, 4) is 0 Å². The molecule has 0 saturated heterocycles. The summed E-state index contributed by atoms with van der Waals surface area (Å²) < 4.78 is 10.9. The van der Waals surface area contributed by atoms with Crippen LogP contribution in [0.3, 0.4) is 0 Å². The molecule has 1 aliphatic heterocycles. The summed E-state index contributed by atoms with van der Waals surface area (Å²) in [6.07, 6.45) is 16.5. The Morgan fingerprint density at radius 2 is 1.53 bits per heavy atom. The zero-order valence-corrected chi connectivity index (χ0v) is 22.2. The van der Waals surface area contributed by atoms with Crippen molar-refractivity contribution >= 4 is 25.0 Å². The molecule has 1 aromatic carbocycles. The second kappa shape index (κ2) is 12.1. The van der Waals surface area contributed by atoms with E-state index >= 15 is 0 Å². The first-order chi connectivity index (χ1) is 16.2. The second-order valence-electron chi connectivity index (χ2n) is 9.93. The van der Waals surface area contributed by atoms with Crippen LogP contribution in [-0.4, -0.2) is 55.6 Å². The van der Waals surface area contributed by atoms with E-state index in [0.717, 1.165) is 38.6 Å². The summed E-state index contributed by atoms with van der Waals surface area (Å²) in [4.78, 5) is 24.7. The molecular formula is C27H42N3O3P. The first-order valence-electron chi connectivity index (χ1n) is 12.6. The maximum Gasteiger partial charge on any atom is 0.325 e. The molecule has 1 aliphatic carbocycles. The average Bonchev–Trinajstić information content (AvgIpc) is 2.78. The monoisotopic (exact) mass is 487 g/mol. The van der Waals surface area contributed by atoms with Gasteiger partial charge in [-0.1, -0.05) is 50.7 Å². The highest BCUT2D eigenvalue weighted by atomic mass is 31.2. The predicted octanol–water partition coefficient (Wildman–Crippen LogP) is 5.99. The van der Waals surface area contributed by atoms with Crippen LogP contribution < -0.4 is 9.80 Å². The number of anilines is 2. The first-order valence-corrected chi connectivity index (χ1v) is 14.4. The Balaban J connectivity index is 1.57. The van der Waals surface area contributed by atoms with Crippen LogP contribution in [-0.2, 0) is 4.57 Å². The number of hydrogen-bond acceptors (Lipinski definition) is 4. The second-order valence-corrected chi connectivity index (χ2v) is 11.7. The average molecular weight is 488 g/mol. The SMILES string of the molecule is CN(C)C1=CCC2=Cc3ccc(N(C)C)cc3N(CCCCCCCCCCP(=O)(O)O)C2=C1. The van der Waals surface area contributed by atoms with Crippen molar-refractivity contribution in [1.29, 1.82) is 0 Å². The number of allylic oxidation sites excluding steroid dienone is 3. The number of rotatable bonds is 13. The van der Waals surface area contributed by atoms with Crippen molar-refractivity contribution in [3.63, 3.8) is 0 Å². The van der Waals surface area contributed by atoms with Gasteiger partial charge >= 0.3 is 7.60 Å². The lowest BCUT2D eigenvalue weighted by molar-refractivity contribution is 0.370. The molecule has 0 amide bonds. The fourth-order valence-corrected chi connectivity index (χ4v) is 5.31. The molecule has 0 radical (unpaired) electrons. The Hall–Kier alpha value is -2.01. The molecule has 188 valence electrons. The third kappa shape index (κ3) is 7.49. The minimum absolute atomic E-state index is 0.0247. The molecule has 0 fully saturated rings. The molecular weight excluding hydrogens is 445 g/mol. The standard InChI is InChI=1S/C27H42N3O3P/c1-28(2)24-15-13-22-19-23-14-16-25(29(3)4)21-27(23)30(26(22)20-24)17-11-9-7-5-6-8-10-12-18-34(31,32)33/h13,15-16,19-21H,5-12,14,17-18H2,1-4H3,(H2,31,32,33). The van der Waals surface area contributed by atoms with E-state index < -0.39 is 7.60 Å². The van der Waals surface area contributed by atoms with Gasteiger partial charge in [0.2, 0.25) is 0 Å². The van der Waals surface area contributed by atoms with Crippen molar-refractivity contribution in [2.75, 3.05) is 50.7 Å². The number of fused-ring (bicyclic) bond motifs is 2. The Morgan fingerprint density at radius 3 is 2.15 bits per heavy atom. The maximum absolute atomic E-state index is 10.9. The van der Waals surface area contributed by atoms with Crippen molar-refractivity contribution in [1.82, 2.24) is 4.90 Å². The van der Waals surface area contributed by atoms with E-state index in [1.165, 1.54) is 53.2 Å². The van der Waals surface area contributed by atoms with Gasteiger partial charge < -0.3 is 24.5 Å². The number of benzene rings is 1. The third-order valence-corrected chi connectivity index (χ3v) is 7.58. The van der Waals surface area contributed by atoms with Crippen molar-refractivity contribution in [2.24, 2.45) is 0 Å². The summed E-state index contributed by atoms with van der Waals surface area (Å²) in [6, 6.07) is 6.76. The largest absolute Gasteiger partial charge is 0.378 e. The third-order valence-electron chi connectivity index (χ3n) is 6.68. The van der Waals surface area contributed by atoms with Crippen LogP contribution in [0.25, 0.3) is 6.08 Å². The Labute approximate surface area is 205 Å². The minimum atomic E-state index is -3.82. The van der Waals surface area contributed by atoms with Crippen molar-refractivity contribution in [2.45, 2.75) is 57.8 Å². The number of likely N-dealkylation sites (N-methyl/N-ethyl adjacent to an activating group) is 1. The van der Waals surface area contributed by atoms with Gasteiger partial charge in [0.05, 0.1) is 5.69 Å². The quantitative estimate of drug-likeness (QED) is 0.263. The molecule has 3 rings (SSSR count). The lowest BCUT2D eigenvalue weighted by Gasteiger charge is -2.37. The van der Waals surface area contributed by atoms with Crippen LogP contribution in [0.1, 0.15) is 63.4 Å². The van der Waals surface area contributed by atoms with Gasteiger partial charge in [0, 0.05) is 58.0 Å². The fourth-order valence-electron chi connectivity index (χ4n) is 4.68. The zero-order chi connectivity index (χ0) is 24.7. The molecule has 1 heterocycles. The lowest BCUT2D eigenvalue weighted by atomic mass is 9.92. The molecule has 6 nitrogen and oxygen atoms in total. The normalized spacial score (nSPS) is 15.2. The smallest absolute Gasteiger partial charge is 0.325 e.